The molecular formula is C19H27N3O6. The molecule has 1 saturated heterocycles. The van der Waals surface area contributed by atoms with Gasteiger partial charge in [-0.15, -0.1) is 0 Å². The predicted molar refractivity (Wildman–Crippen MR) is 100 cm³/mol. The Kier molecular flexibility index (Phi) is 7.79. The number of rotatable bonds is 7. The van der Waals surface area contributed by atoms with Gasteiger partial charge in [0.2, 0.25) is 0 Å². The largest absolute Gasteiger partial charge is 0.462 e. The topological polar surface area (TPSA) is 123 Å². The van der Waals surface area contributed by atoms with Gasteiger partial charge in [0.25, 0.3) is 0 Å². The highest BCUT2D eigenvalue weighted by Crippen LogP contribution is 2.28. The molecule has 0 aromatic heterocycles. The lowest BCUT2D eigenvalue weighted by Gasteiger charge is -2.42. The van der Waals surface area contributed by atoms with Gasteiger partial charge >= 0.3 is 5.97 Å². The van der Waals surface area contributed by atoms with Crippen LogP contribution >= 0.6 is 0 Å². The van der Waals surface area contributed by atoms with Gasteiger partial charge in [-0.1, -0.05) is 35.4 Å². The molecule has 5 atom stereocenters. The van der Waals surface area contributed by atoms with Crippen molar-refractivity contribution in [3.8, 4) is 0 Å². The molecule has 1 aliphatic rings. The second kappa shape index (κ2) is 9.86. The number of ether oxygens (including phenoxy) is 4. The standard InChI is InChI=1S/C19H27N3O6/c1-19(2,3)18(24)27-11-13-15(23)16(14(21-22-20)17(25-4)28-13)26-10-12-8-6-5-7-9-12/h5-9,13-17,23H,10-11H2,1-4H3/t13-,14-,15-,16-,17+/m1/s1. The average molecular weight is 393 g/mol. The minimum Gasteiger partial charge on any atom is -0.462 e. The van der Waals surface area contributed by atoms with Crippen LogP contribution in [-0.4, -0.2) is 55.4 Å². The number of nitrogens with zero attached hydrogens (tertiary/aromatic N) is 3. The summed E-state index contributed by atoms with van der Waals surface area (Å²) in [6.07, 6.45) is -3.91. The molecule has 0 aliphatic carbocycles. The molecule has 0 amide bonds. The van der Waals surface area contributed by atoms with E-state index in [0.717, 1.165) is 5.56 Å². The van der Waals surface area contributed by atoms with Crippen molar-refractivity contribution in [2.75, 3.05) is 13.7 Å². The van der Waals surface area contributed by atoms with E-state index < -0.39 is 42.0 Å². The van der Waals surface area contributed by atoms with Crippen LogP contribution in [0, 0.1) is 5.41 Å². The second-order valence-corrected chi connectivity index (χ2v) is 7.57. The van der Waals surface area contributed by atoms with Crippen LogP contribution < -0.4 is 0 Å². The number of aliphatic hydroxyl groups excluding tert-OH is 1. The van der Waals surface area contributed by atoms with E-state index in [1.54, 1.807) is 20.8 Å². The summed E-state index contributed by atoms with van der Waals surface area (Å²) in [5.74, 6) is -0.420. The first-order chi connectivity index (χ1) is 13.3. The third-order valence-electron chi connectivity index (χ3n) is 4.34. The third kappa shape index (κ3) is 5.67. The first-order valence-electron chi connectivity index (χ1n) is 9.01. The van der Waals surface area contributed by atoms with Gasteiger partial charge in [0.05, 0.1) is 18.1 Å². The molecule has 1 N–H and O–H groups in total. The van der Waals surface area contributed by atoms with Crippen LogP contribution in [0.2, 0.25) is 0 Å². The molecule has 1 heterocycles. The van der Waals surface area contributed by atoms with Crippen LogP contribution in [0.5, 0.6) is 0 Å². The number of methoxy groups -OCH3 is 1. The fourth-order valence-corrected chi connectivity index (χ4v) is 2.75. The van der Waals surface area contributed by atoms with Crippen molar-refractivity contribution >= 4 is 5.97 Å². The molecule has 0 saturated carbocycles. The Morgan fingerprint density at radius 1 is 1.32 bits per heavy atom. The molecule has 1 fully saturated rings. The molecule has 9 heteroatoms. The van der Waals surface area contributed by atoms with Crippen molar-refractivity contribution in [3.63, 3.8) is 0 Å². The summed E-state index contributed by atoms with van der Waals surface area (Å²) in [6.45, 7) is 5.22. The summed E-state index contributed by atoms with van der Waals surface area (Å²) < 4.78 is 22.1. The van der Waals surface area contributed by atoms with Crippen LogP contribution in [0.4, 0.5) is 0 Å². The van der Waals surface area contributed by atoms with Crippen LogP contribution in [0.1, 0.15) is 26.3 Å². The number of carbonyl (C=O) groups excluding carboxylic acids is 1. The first-order valence-corrected chi connectivity index (χ1v) is 9.01. The van der Waals surface area contributed by atoms with E-state index in [0.29, 0.717) is 0 Å². The first kappa shape index (κ1) is 22.1. The number of benzene rings is 1. The molecule has 1 aromatic carbocycles. The molecule has 0 bridgehead atoms. The van der Waals surface area contributed by atoms with Crippen LogP contribution in [0.15, 0.2) is 35.4 Å². The molecule has 0 spiro atoms. The number of azide groups is 1. The van der Waals surface area contributed by atoms with Gasteiger partial charge < -0.3 is 24.1 Å². The predicted octanol–water partition coefficient (Wildman–Crippen LogP) is 2.57. The summed E-state index contributed by atoms with van der Waals surface area (Å²) in [5.41, 5.74) is 9.10. The zero-order valence-corrected chi connectivity index (χ0v) is 16.5. The van der Waals surface area contributed by atoms with Crippen molar-refractivity contribution in [2.45, 2.75) is 58.0 Å². The van der Waals surface area contributed by atoms with Crippen LogP contribution in [0.25, 0.3) is 10.4 Å². The zero-order chi connectivity index (χ0) is 20.7. The summed E-state index contributed by atoms with van der Waals surface area (Å²) in [4.78, 5) is 14.9. The van der Waals surface area contributed by atoms with Gasteiger partial charge in [0.1, 0.15) is 24.9 Å². The van der Waals surface area contributed by atoms with E-state index in [4.69, 9.17) is 24.5 Å². The SMILES string of the molecule is CO[C@H]1O[C@H](COC(=O)C(C)(C)C)[C@@H](O)[C@H](OCc2ccccc2)[C@H]1N=[N+]=[N-]. The Labute approximate surface area is 164 Å². The van der Waals surface area contributed by atoms with Gasteiger partial charge in [0.15, 0.2) is 6.29 Å². The summed E-state index contributed by atoms with van der Waals surface area (Å²) in [6, 6.07) is 8.49. The maximum absolute atomic E-state index is 12.0. The fraction of sp³-hybridized carbons (Fsp3) is 0.632. The number of aliphatic hydroxyl groups is 1. The molecule has 1 aliphatic heterocycles. The Bertz CT molecular complexity index is 687. The Balaban J connectivity index is 2.14. The van der Waals surface area contributed by atoms with Crippen LogP contribution in [-0.2, 0) is 30.3 Å². The molecular weight excluding hydrogens is 366 g/mol. The Morgan fingerprint density at radius 2 is 2.00 bits per heavy atom. The fourth-order valence-electron chi connectivity index (χ4n) is 2.75. The van der Waals surface area contributed by atoms with E-state index >= 15 is 0 Å². The van der Waals surface area contributed by atoms with Crippen molar-refractivity contribution in [2.24, 2.45) is 10.5 Å². The highest BCUT2D eigenvalue weighted by atomic mass is 16.7. The molecule has 1 aromatic rings. The molecule has 2 rings (SSSR count). The van der Waals surface area contributed by atoms with E-state index in [1.807, 2.05) is 30.3 Å². The number of esters is 1. The van der Waals surface area contributed by atoms with Crippen molar-refractivity contribution < 1.29 is 28.8 Å². The number of carbonyl (C=O) groups is 1. The summed E-state index contributed by atoms with van der Waals surface area (Å²) in [7, 11) is 1.40. The number of hydrogen-bond acceptors (Lipinski definition) is 7. The average Bonchev–Trinajstić information content (AvgIpc) is 2.67. The molecule has 154 valence electrons. The maximum atomic E-state index is 12.0. The molecule has 28 heavy (non-hydrogen) atoms. The minimum atomic E-state index is -1.18. The second-order valence-electron chi connectivity index (χ2n) is 7.57. The maximum Gasteiger partial charge on any atom is 0.311 e. The lowest BCUT2D eigenvalue weighted by atomic mass is 9.96. The van der Waals surface area contributed by atoms with E-state index in [9.17, 15) is 9.90 Å². The monoisotopic (exact) mass is 393 g/mol. The van der Waals surface area contributed by atoms with Gasteiger partial charge in [-0.05, 0) is 31.9 Å². The lowest BCUT2D eigenvalue weighted by Crippen LogP contribution is -2.59. The van der Waals surface area contributed by atoms with E-state index in [1.165, 1.54) is 7.11 Å². The van der Waals surface area contributed by atoms with Crippen LogP contribution in [0.3, 0.4) is 0 Å². The molecule has 0 radical (unpaired) electrons. The van der Waals surface area contributed by atoms with E-state index in [-0.39, 0.29) is 13.2 Å². The highest BCUT2D eigenvalue weighted by molar-refractivity contribution is 5.75. The zero-order valence-electron chi connectivity index (χ0n) is 16.5. The van der Waals surface area contributed by atoms with Crippen molar-refractivity contribution in [1.82, 2.24) is 0 Å². The molecule has 0 unspecified atom stereocenters. The highest BCUT2D eigenvalue weighted by Gasteiger charge is 2.46. The lowest BCUT2D eigenvalue weighted by molar-refractivity contribution is -0.268. The normalized spacial score (nSPS) is 27.7. The smallest absolute Gasteiger partial charge is 0.311 e. The molecule has 9 nitrogen and oxygen atoms in total. The summed E-state index contributed by atoms with van der Waals surface area (Å²) in [5, 5.41) is 14.4. The van der Waals surface area contributed by atoms with Gasteiger partial charge in [-0.2, -0.15) is 0 Å². The van der Waals surface area contributed by atoms with Crippen molar-refractivity contribution in [1.29, 1.82) is 0 Å². The van der Waals surface area contributed by atoms with Crippen molar-refractivity contribution in [3.05, 3.63) is 46.3 Å². The van der Waals surface area contributed by atoms with Gasteiger partial charge in [-0.25, -0.2) is 0 Å². The third-order valence-corrected chi connectivity index (χ3v) is 4.34. The summed E-state index contributed by atoms with van der Waals surface area (Å²) >= 11 is 0. The minimum absolute atomic E-state index is 0.175. The van der Waals surface area contributed by atoms with E-state index in [2.05, 4.69) is 10.0 Å². The quantitative estimate of drug-likeness (QED) is 0.329. The van der Waals surface area contributed by atoms with Gasteiger partial charge in [0, 0.05) is 12.0 Å². The number of hydrogen-bond donors (Lipinski definition) is 1. The Hall–Kier alpha value is -2.16. The van der Waals surface area contributed by atoms with Gasteiger partial charge in [-0.3, -0.25) is 4.79 Å². The Morgan fingerprint density at radius 3 is 2.57 bits per heavy atom.